The number of morpholine rings is 1. The van der Waals surface area contributed by atoms with Crippen molar-refractivity contribution >= 4 is 17.4 Å². The Morgan fingerprint density at radius 2 is 1.77 bits per heavy atom. The van der Waals surface area contributed by atoms with Crippen LogP contribution in [0.3, 0.4) is 0 Å². The number of benzene rings is 1. The highest BCUT2D eigenvalue weighted by atomic mass is 16.5. The maximum atomic E-state index is 13.3. The van der Waals surface area contributed by atoms with Crippen molar-refractivity contribution in [1.82, 2.24) is 9.80 Å². The molecule has 1 aromatic carbocycles. The molecule has 2 aliphatic heterocycles. The van der Waals surface area contributed by atoms with Gasteiger partial charge in [0.2, 0.25) is 0 Å². The van der Waals surface area contributed by atoms with E-state index in [-0.39, 0.29) is 11.8 Å². The average molecular weight is 417 g/mol. The first kappa shape index (κ1) is 22.3. The molecule has 0 atom stereocenters. The number of nitrogens with zero attached hydrogens (tertiary/aromatic N) is 2. The van der Waals surface area contributed by atoms with Crippen LogP contribution in [-0.4, -0.2) is 74.3 Å². The molecule has 0 unspecified atom stereocenters. The maximum Gasteiger partial charge on any atom is 0.277 e. The van der Waals surface area contributed by atoms with E-state index in [1.165, 1.54) is 4.90 Å². The van der Waals surface area contributed by atoms with Gasteiger partial charge in [-0.15, -0.1) is 0 Å². The SMILES string of the molecule is CCOCCCN1C(=O)C(c2ccc(OCC(C)C)cc2)=C(N2CCOCC2)C1=O. The van der Waals surface area contributed by atoms with E-state index in [1.54, 1.807) is 0 Å². The molecule has 0 saturated carbocycles. The zero-order valence-corrected chi connectivity index (χ0v) is 18.2. The number of carbonyl (C=O) groups excluding carboxylic acids is 2. The Balaban J connectivity index is 1.85. The van der Waals surface area contributed by atoms with Gasteiger partial charge in [0, 0.05) is 32.8 Å². The van der Waals surface area contributed by atoms with Gasteiger partial charge in [0.1, 0.15) is 11.4 Å². The highest BCUT2D eigenvalue weighted by Gasteiger charge is 2.41. The fourth-order valence-electron chi connectivity index (χ4n) is 3.56. The molecule has 0 radical (unpaired) electrons. The fourth-order valence-corrected chi connectivity index (χ4v) is 3.56. The third-order valence-electron chi connectivity index (χ3n) is 5.07. The van der Waals surface area contributed by atoms with Gasteiger partial charge >= 0.3 is 0 Å². The topological polar surface area (TPSA) is 68.3 Å². The predicted molar refractivity (Wildman–Crippen MR) is 114 cm³/mol. The molecule has 0 spiro atoms. The summed E-state index contributed by atoms with van der Waals surface area (Å²) in [6.45, 7) is 10.5. The molecule has 1 saturated heterocycles. The Hall–Kier alpha value is -2.38. The van der Waals surface area contributed by atoms with Crippen LogP contribution in [0, 0.1) is 5.92 Å². The number of imide groups is 1. The molecule has 0 aliphatic carbocycles. The van der Waals surface area contributed by atoms with E-state index in [9.17, 15) is 9.59 Å². The Morgan fingerprint density at radius 1 is 1.07 bits per heavy atom. The molecule has 2 aliphatic rings. The number of hydrogen-bond acceptors (Lipinski definition) is 6. The van der Waals surface area contributed by atoms with Gasteiger partial charge in [0.25, 0.3) is 11.8 Å². The van der Waals surface area contributed by atoms with Gasteiger partial charge in [-0.2, -0.15) is 0 Å². The minimum absolute atomic E-state index is 0.228. The van der Waals surface area contributed by atoms with Crippen LogP contribution in [0.5, 0.6) is 5.75 Å². The minimum Gasteiger partial charge on any atom is -0.493 e. The van der Waals surface area contributed by atoms with Crippen molar-refractivity contribution < 1.29 is 23.8 Å². The lowest BCUT2D eigenvalue weighted by atomic mass is 10.0. The number of ether oxygens (including phenoxy) is 3. The number of hydrogen-bond donors (Lipinski definition) is 0. The Labute approximate surface area is 178 Å². The molecule has 7 heteroatoms. The zero-order chi connectivity index (χ0) is 21.5. The third kappa shape index (κ3) is 5.21. The minimum atomic E-state index is -0.242. The second-order valence-electron chi connectivity index (χ2n) is 7.86. The van der Waals surface area contributed by atoms with Gasteiger partial charge in [0.15, 0.2) is 0 Å². The van der Waals surface area contributed by atoms with Crippen molar-refractivity contribution in [2.45, 2.75) is 27.2 Å². The van der Waals surface area contributed by atoms with Gasteiger partial charge in [0.05, 0.1) is 25.4 Å². The standard InChI is InChI=1S/C23H32N2O5/c1-4-28-13-5-10-25-22(26)20(21(23(25)27)24-11-14-29-15-12-24)18-6-8-19(9-7-18)30-16-17(2)3/h6-9,17H,4-5,10-16H2,1-3H3. The van der Waals surface area contributed by atoms with Crippen molar-refractivity contribution in [1.29, 1.82) is 0 Å². The molecule has 2 heterocycles. The summed E-state index contributed by atoms with van der Waals surface area (Å²) in [7, 11) is 0. The summed E-state index contributed by atoms with van der Waals surface area (Å²) in [4.78, 5) is 29.8. The largest absolute Gasteiger partial charge is 0.493 e. The van der Waals surface area contributed by atoms with Crippen molar-refractivity contribution in [2.75, 3.05) is 52.7 Å². The first-order valence-corrected chi connectivity index (χ1v) is 10.8. The molecular formula is C23H32N2O5. The molecule has 3 rings (SSSR count). The zero-order valence-electron chi connectivity index (χ0n) is 18.2. The van der Waals surface area contributed by atoms with E-state index in [1.807, 2.05) is 36.1 Å². The summed E-state index contributed by atoms with van der Waals surface area (Å²) in [5, 5.41) is 0. The molecule has 2 amide bonds. The van der Waals surface area contributed by atoms with Crippen LogP contribution in [0.25, 0.3) is 5.57 Å². The van der Waals surface area contributed by atoms with E-state index in [0.717, 1.165) is 11.3 Å². The summed E-state index contributed by atoms with van der Waals surface area (Å²) >= 11 is 0. The van der Waals surface area contributed by atoms with E-state index in [2.05, 4.69) is 13.8 Å². The Morgan fingerprint density at radius 3 is 2.40 bits per heavy atom. The number of carbonyl (C=O) groups is 2. The molecule has 7 nitrogen and oxygen atoms in total. The van der Waals surface area contributed by atoms with Gasteiger partial charge < -0.3 is 19.1 Å². The molecule has 0 aromatic heterocycles. The molecule has 0 bridgehead atoms. The summed E-state index contributed by atoms with van der Waals surface area (Å²) in [6.07, 6.45) is 0.622. The second kappa shape index (κ2) is 10.6. The van der Waals surface area contributed by atoms with E-state index >= 15 is 0 Å². The van der Waals surface area contributed by atoms with E-state index < -0.39 is 0 Å². The summed E-state index contributed by atoms with van der Waals surface area (Å²) in [5.41, 5.74) is 1.68. The van der Waals surface area contributed by atoms with Crippen LogP contribution in [0.1, 0.15) is 32.8 Å². The van der Waals surface area contributed by atoms with Crippen molar-refractivity contribution in [2.24, 2.45) is 5.92 Å². The van der Waals surface area contributed by atoms with E-state index in [4.69, 9.17) is 14.2 Å². The molecule has 1 aromatic rings. The predicted octanol–water partition coefficient (Wildman–Crippen LogP) is 2.56. The Kier molecular flexibility index (Phi) is 7.87. The van der Waals surface area contributed by atoms with Gasteiger partial charge in [-0.05, 0) is 37.0 Å². The van der Waals surface area contributed by atoms with Gasteiger partial charge in [-0.1, -0.05) is 26.0 Å². The first-order chi connectivity index (χ1) is 14.5. The lowest BCUT2D eigenvalue weighted by Crippen LogP contribution is -2.40. The maximum absolute atomic E-state index is 13.3. The van der Waals surface area contributed by atoms with Crippen LogP contribution < -0.4 is 4.74 Å². The average Bonchev–Trinajstić information content (AvgIpc) is 3.00. The van der Waals surface area contributed by atoms with Crippen molar-refractivity contribution in [3.8, 4) is 5.75 Å². The lowest BCUT2D eigenvalue weighted by molar-refractivity contribution is -0.138. The third-order valence-corrected chi connectivity index (χ3v) is 5.07. The van der Waals surface area contributed by atoms with Crippen LogP contribution in [0.4, 0.5) is 0 Å². The van der Waals surface area contributed by atoms with Crippen molar-refractivity contribution in [3.63, 3.8) is 0 Å². The van der Waals surface area contributed by atoms with Crippen LogP contribution in [0.2, 0.25) is 0 Å². The van der Waals surface area contributed by atoms with Crippen LogP contribution in [0.15, 0.2) is 30.0 Å². The van der Waals surface area contributed by atoms with Gasteiger partial charge in [-0.3, -0.25) is 14.5 Å². The normalized spacial score (nSPS) is 17.5. The summed E-state index contributed by atoms with van der Waals surface area (Å²) in [5.74, 6) is 0.716. The summed E-state index contributed by atoms with van der Waals surface area (Å²) < 4.78 is 16.6. The fraction of sp³-hybridized carbons (Fsp3) is 0.565. The van der Waals surface area contributed by atoms with Crippen LogP contribution >= 0.6 is 0 Å². The Bertz CT molecular complexity index is 766. The molecule has 30 heavy (non-hydrogen) atoms. The van der Waals surface area contributed by atoms with E-state index in [0.29, 0.717) is 76.3 Å². The highest BCUT2D eigenvalue weighted by Crippen LogP contribution is 2.33. The second-order valence-corrected chi connectivity index (χ2v) is 7.86. The molecule has 164 valence electrons. The smallest absolute Gasteiger partial charge is 0.277 e. The summed E-state index contributed by atoms with van der Waals surface area (Å²) in [6, 6.07) is 7.44. The highest BCUT2D eigenvalue weighted by molar-refractivity contribution is 6.35. The molecular weight excluding hydrogens is 384 g/mol. The monoisotopic (exact) mass is 416 g/mol. The quantitative estimate of drug-likeness (QED) is 0.431. The van der Waals surface area contributed by atoms with Gasteiger partial charge in [-0.25, -0.2) is 0 Å². The molecule has 0 N–H and O–H groups in total. The van der Waals surface area contributed by atoms with Crippen LogP contribution in [-0.2, 0) is 19.1 Å². The number of amides is 2. The van der Waals surface area contributed by atoms with Crippen molar-refractivity contribution in [3.05, 3.63) is 35.5 Å². The first-order valence-electron chi connectivity index (χ1n) is 10.8. The molecule has 1 fully saturated rings. The number of rotatable bonds is 10. The lowest BCUT2D eigenvalue weighted by Gasteiger charge is -2.29.